The van der Waals surface area contributed by atoms with Gasteiger partial charge in [0.15, 0.2) is 6.39 Å². The summed E-state index contributed by atoms with van der Waals surface area (Å²) < 4.78 is 10.9. The van der Waals surface area contributed by atoms with Gasteiger partial charge in [0.1, 0.15) is 35.7 Å². The molecule has 8 heteroatoms. The summed E-state index contributed by atoms with van der Waals surface area (Å²) in [4.78, 5) is 19.3. The number of hydrogen-bond acceptors (Lipinski definition) is 7. The van der Waals surface area contributed by atoms with Crippen LogP contribution < -0.4 is 10.1 Å². The van der Waals surface area contributed by atoms with Crippen LogP contribution in [0.25, 0.3) is 0 Å². The zero-order chi connectivity index (χ0) is 23.5. The lowest BCUT2D eigenvalue weighted by molar-refractivity contribution is 0.0743. The van der Waals surface area contributed by atoms with Gasteiger partial charge in [-0.3, -0.25) is 4.79 Å². The smallest absolute Gasteiger partial charge is 0.262 e. The second-order valence-corrected chi connectivity index (χ2v) is 8.05. The van der Waals surface area contributed by atoms with E-state index in [0.717, 1.165) is 34.1 Å². The topological polar surface area (TPSA) is 108 Å². The number of phenolic OH excluding ortho intramolecular Hbond substituents is 2. The lowest BCUT2D eigenvalue weighted by Gasteiger charge is -2.19. The second-order valence-electron chi connectivity index (χ2n) is 8.05. The summed E-state index contributed by atoms with van der Waals surface area (Å²) in [6.45, 7) is 1.46. The van der Waals surface area contributed by atoms with Crippen molar-refractivity contribution < 1.29 is 24.2 Å². The number of anilines is 1. The van der Waals surface area contributed by atoms with E-state index in [1.165, 1.54) is 12.5 Å². The molecule has 0 bridgehead atoms. The van der Waals surface area contributed by atoms with Crippen LogP contribution in [0.1, 0.15) is 32.7 Å². The van der Waals surface area contributed by atoms with Crippen molar-refractivity contribution in [1.82, 2.24) is 9.88 Å². The van der Waals surface area contributed by atoms with Crippen LogP contribution in [0.2, 0.25) is 0 Å². The molecule has 34 heavy (non-hydrogen) atoms. The number of ether oxygens (including phenoxy) is 1. The predicted molar refractivity (Wildman–Crippen MR) is 124 cm³/mol. The first-order chi connectivity index (χ1) is 16.6. The molecular formula is C26H23N3O5. The molecule has 5 rings (SSSR count). The van der Waals surface area contributed by atoms with Gasteiger partial charge >= 0.3 is 0 Å². The molecule has 3 N–H and O–H groups in total. The van der Waals surface area contributed by atoms with E-state index in [9.17, 15) is 15.0 Å². The minimum Gasteiger partial charge on any atom is -0.508 e. The first-order valence-corrected chi connectivity index (χ1v) is 10.8. The molecule has 1 aliphatic rings. The van der Waals surface area contributed by atoms with E-state index in [2.05, 4.69) is 10.3 Å². The summed E-state index contributed by atoms with van der Waals surface area (Å²) in [5.41, 5.74) is 4.63. The van der Waals surface area contributed by atoms with Gasteiger partial charge in [0.05, 0.1) is 12.2 Å². The maximum absolute atomic E-state index is 13.5. The molecule has 1 amide bonds. The van der Waals surface area contributed by atoms with Crippen molar-refractivity contribution in [3.8, 4) is 17.2 Å². The Hall–Kier alpha value is -4.46. The van der Waals surface area contributed by atoms with Crippen LogP contribution in [0.4, 0.5) is 5.69 Å². The van der Waals surface area contributed by atoms with Gasteiger partial charge in [0.25, 0.3) is 5.91 Å². The largest absolute Gasteiger partial charge is 0.508 e. The van der Waals surface area contributed by atoms with E-state index in [4.69, 9.17) is 9.15 Å². The molecule has 0 atom stereocenters. The zero-order valence-electron chi connectivity index (χ0n) is 18.3. The third kappa shape index (κ3) is 4.38. The number of nitrogens with one attached hydrogen (secondary N) is 1. The van der Waals surface area contributed by atoms with Gasteiger partial charge in [-0.15, -0.1) is 0 Å². The number of fused-ring (bicyclic) bond motifs is 1. The van der Waals surface area contributed by atoms with Crippen molar-refractivity contribution in [2.24, 2.45) is 0 Å². The third-order valence-electron chi connectivity index (χ3n) is 5.73. The Bertz CT molecular complexity index is 1310. The second kappa shape index (κ2) is 9.19. The standard InChI is InChI=1S/C26H23N3O5/c30-20-9-23(31)25(24(10-20)34-14-17-5-2-1-3-6-17)26(32)29-12-18-7-4-8-22(21(18)13-29)27-11-19-15-33-16-28-19/h1-10,15-16,27,30-31H,11-14H2. The summed E-state index contributed by atoms with van der Waals surface area (Å²) in [5.74, 6) is -0.750. The average Bonchev–Trinajstić information content (AvgIpc) is 3.51. The lowest BCUT2D eigenvalue weighted by atomic mass is 10.1. The Morgan fingerprint density at radius 2 is 1.94 bits per heavy atom. The predicted octanol–water partition coefficient (Wildman–Crippen LogP) is 4.43. The van der Waals surface area contributed by atoms with Gasteiger partial charge in [-0.1, -0.05) is 42.5 Å². The van der Waals surface area contributed by atoms with Crippen LogP contribution in [0.15, 0.2) is 77.7 Å². The number of hydrogen-bond donors (Lipinski definition) is 3. The van der Waals surface area contributed by atoms with Crippen LogP contribution in [-0.4, -0.2) is 26.0 Å². The average molecular weight is 457 g/mol. The molecule has 0 saturated heterocycles. The SMILES string of the molecule is O=C(c1c(O)cc(O)cc1OCc1ccccc1)N1Cc2cccc(NCc3cocn3)c2C1. The number of phenols is 2. The van der Waals surface area contributed by atoms with Crippen molar-refractivity contribution in [3.63, 3.8) is 0 Å². The molecule has 1 aliphatic heterocycles. The monoisotopic (exact) mass is 457 g/mol. The number of rotatable bonds is 7. The highest BCUT2D eigenvalue weighted by atomic mass is 16.5. The van der Waals surface area contributed by atoms with Gasteiger partial charge in [0.2, 0.25) is 0 Å². The highest BCUT2D eigenvalue weighted by Crippen LogP contribution is 2.37. The van der Waals surface area contributed by atoms with E-state index < -0.39 is 0 Å². The van der Waals surface area contributed by atoms with Crippen LogP contribution >= 0.6 is 0 Å². The maximum atomic E-state index is 13.5. The first kappa shape index (κ1) is 21.4. The fourth-order valence-electron chi connectivity index (χ4n) is 4.05. The van der Waals surface area contributed by atoms with Crippen LogP contribution in [0.5, 0.6) is 17.2 Å². The minimum absolute atomic E-state index is 0.0265. The van der Waals surface area contributed by atoms with Crippen LogP contribution in [0.3, 0.4) is 0 Å². The van der Waals surface area contributed by atoms with Crippen molar-refractivity contribution in [2.45, 2.75) is 26.2 Å². The summed E-state index contributed by atoms with van der Waals surface area (Å²) in [5, 5.41) is 23.9. The summed E-state index contributed by atoms with van der Waals surface area (Å²) >= 11 is 0. The Morgan fingerprint density at radius 3 is 2.74 bits per heavy atom. The van der Waals surface area contributed by atoms with Crippen molar-refractivity contribution in [3.05, 3.63) is 101 Å². The molecule has 0 spiro atoms. The molecule has 3 aromatic carbocycles. The van der Waals surface area contributed by atoms with Crippen LogP contribution in [-0.2, 0) is 26.2 Å². The molecule has 2 heterocycles. The van der Waals surface area contributed by atoms with E-state index in [0.29, 0.717) is 19.6 Å². The molecule has 0 aliphatic carbocycles. The molecule has 172 valence electrons. The van der Waals surface area contributed by atoms with Gasteiger partial charge in [-0.2, -0.15) is 0 Å². The molecule has 8 nitrogen and oxygen atoms in total. The number of aromatic hydroxyl groups is 2. The van der Waals surface area contributed by atoms with E-state index >= 15 is 0 Å². The van der Waals surface area contributed by atoms with Crippen LogP contribution in [0, 0.1) is 0 Å². The van der Waals surface area contributed by atoms with E-state index in [1.54, 1.807) is 11.2 Å². The third-order valence-corrected chi connectivity index (χ3v) is 5.73. The number of carbonyl (C=O) groups excluding carboxylic acids is 1. The summed E-state index contributed by atoms with van der Waals surface area (Å²) in [6.07, 6.45) is 2.96. The lowest BCUT2D eigenvalue weighted by Crippen LogP contribution is -2.26. The molecule has 0 saturated carbocycles. The summed E-state index contributed by atoms with van der Waals surface area (Å²) in [7, 11) is 0. The van der Waals surface area contributed by atoms with Gasteiger partial charge in [-0.25, -0.2) is 4.98 Å². The number of amides is 1. The number of aromatic nitrogens is 1. The molecule has 0 unspecified atom stereocenters. The molecular weight excluding hydrogens is 434 g/mol. The number of oxazole rings is 1. The highest BCUT2D eigenvalue weighted by molar-refractivity contribution is 6.00. The molecule has 0 radical (unpaired) electrons. The van der Waals surface area contributed by atoms with E-state index in [1.807, 2.05) is 48.5 Å². The van der Waals surface area contributed by atoms with Gasteiger partial charge in [-0.05, 0) is 22.8 Å². The normalized spacial score (nSPS) is 12.4. The van der Waals surface area contributed by atoms with E-state index in [-0.39, 0.29) is 35.3 Å². The molecule has 4 aromatic rings. The number of carbonyl (C=O) groups is 1. The molecule has 1 aromatic heterocycles. The zero-order valence-corrected chi connectivity index (χ0v) is 18.3. The molecule has 0 fully saturated rings. The quantitative estimate of drug-likeness (QED) is 0.377. The van der Waals surface area contributed by atoms with Crippen molar-refractivity contribution in [2.75, 3.05) is 5.32 Å². The van der Waals surface area contributed by atoms with Gasteiger partial charge in [0, 0.05) is 30.9 Å². The Kier molecular flexibility index (Phi) is 5.78. The Balaban J connectivity index is 1.36. The summed E-state index contributed by atoms with van der Waals surface area (Å²) in [6, 6.07) is 17.8. The van der Waals surface area contributed by atoms with Gasteiger partial charge < -0.3 is 29.6 Å². The fourth-order valence-corrected chi connectivity index (χ4v) is 4.05. The highest BCUT2D eigenvalue weighted by Gasteiger charge is 2.30. The first-order valence-electron chi connectivity index (χ1n) is 10.8. The number of benzene rings is 3. The maximum Gasteiger partial charge on any atom is 0.262 e. The number of nitrogens with zero attached hydrogens (tertiary/aromatic N) is 2. The van der Waals surface area contributed by atoms with Crippen molar-refractivity contribution in [1.29, 1.82) is 0 Å². The minimum atomic E-state index is -0.376. The fraction of sp³-hybridized carbons (Fsp3) is 0.154. The van der Waals surface area contributed by atoms with Crippen molar-refractivity contribution >= 4 is 11.6 Å². The Morgan fingerprint density at radius 1 is 1.09 bits per heavy atom. The Labute approximate surface area is 196 Å².